The molecule has 0 aliphatic rings. The van der Waals surface area contributed by atoms with Gasteiger partial charge in [0.2, 0.25) is 5.91 Å². The number of nitrogens with zero attached hydrogens (tertiary/aromatic N) is 3. The van der Waals surface area contributed by atoms with Crippen LogP contribution in [0.1, 0.15) is 39.0 Å². The molecule has 148 valence electrons. The zero-order valence-electron chi connectivity index (χ0n) is 16.9. The third-order valence-corrected chi connectivity index (χ3v) is 5.65. The van der Waals surface area contributed by atoms with Crippen LogP contribution in [-0.2, 0) is 23.8 Å². The zero-order valence-corrected chi connectivity index (χ0v) is 17.7. The molecule has 6 nitrogen and oxygen atoms in total. The molecule has 2 heterocycles. The number of benzene rings is 1. The predicted octanol–water partition coefficient (Wildman–Crippen LogP) is 4.17. The van der Waals surface area contributed by atoms with Crippen molar-refractivity contribution in [3.05, 3.63) is 54.0 Å². The van der Waals surface area contributed by atoms with Crippen LogP contribution in [0.4, 0.5) is 0 Å². The van der Waals surface area contributed by atoms with Crippen LogP contribution in [0.3, 0.4) is 0 Å². The van der Waals surface area contributed by atoms with Gasteiger partial charge in [-0.05, 0) is 30.0 Å². The largest absolute Gasteiger partial charge is 0.467 e. The number of aromatic nitrogens is 3. The lowest BCUT2D eigenvalue weighted by atomic mass is 9.87. The first kappa shape index (κ1) is 20.2. The summed E-state index contributed by atoms with van der Waals surface area (Å²) in [5, 5.41) is 11.9. The quantitative estimate of drug-likeness (QED) is 0.631. The Hall–Kier alpha value is -2.54. The number of carbonyl (C=O) groups is 1. The molecule has 28 heavy (non-hydrogen) atoms. The number of thioether (sulfide) groups is 1. The van der Waals surface area contributed by atoms with E-state index in [1.807, 2.05) is 24.6 Å². The SMILES string of the molecule is C[C@H](Sc1nnc(-c2ccc(C(C)(C)C)cc2)n1C)C(=O)NCc1ccco1. The van der Waals surface area contributed by atoms with Gasteiger partial charge in [-0.2, -0.15) is 0 Å². The van der Waals surface area contributed by atoms with E-state index >= 15 is 0 Å². The monoisotopic (exact) mass is 398 g/mol. The summed E-state index contributed by atoms with van der Waals surface area (Å²) in [6.07, 6.45) is 1.59. The van der Waals surface area contributed by atoms with Gasteiger partial charge in [0.25, 0.3) is 0 Å². The highest BCUT2D eigenvalue weighted by Crippen LogP contribution is 2.28. The van der Waals surface area contributed by atoms with Gasteiger partial charge in [-0.15, -0.1) is 10.2 Å². The highest BCUT2D eigenvalue weighted by Gasteiger charge is 2.20. The maximum absolute atomic E-state index is 12.3. The van der Waals surface area contributed by atoms with Gasteiger partial charge in [-0.1, -0.05) is 56.8 Å². The normalized spacial score (nSPS) is 12.8. The van der Waals surface area contributed by atoms with E-state index < -0.39 is 0 Å². The molecule has 3 aromatic rings. The number of nitrogens with one attached hydrogen (secondary N) is 1. The third kappa shape index (κ3) is 4.65. The number of furan rings is 1. The highest BCUT2D eigenvalue weighted by atomic mass is 32.2. The Labute approximate surface area is 169 Å². The summed E-state index contributed by atoms with van der Waals surface area (Å²) in [6, 6.07) is 12.0. The van der Waals surface area contributed by atoms with E-state index in [1.54, 1.807) is 12.3 Å². The van der Waals surface area contributed by atoms with Crippen LogP contribution in [0.2, 0.25) is 0 Å². The van der Waals surface area contributed by atoms with Crippen LogP contribution in [0.5, 0.6) is 0 Å². The Morgan fingerprint density at radius 2 is 1.93 bits per heavy atom. The van der Waals surface area contributed by atoms with Crippen molar-refractivity contribution in [3.8, 4) is 11.4 Å². The summed E-state index contributed by atoms with van der Waals surface area (Å²) in [5.74, 6) is 1.44. The molecule has 0 bridgehead atoms. The van der Waals surface area contributed by atoms with Crippen LogP contribution in [-0.4, -0.2) is 25.9 Å². The van der Waals surface area contributed by atoms with Crippen LogP contribution < -0.4 is 5.32 Å². The minimum atomic E-state index is -0.297. The molecule has 0 unspecified atom stereocenters. The Kier molecular flexibility index (Phi) is 5.93. The molecular weight excluding hydrogens is 372 g/mol. The molecule has 0 saturated heterocycles. The van der Waals surface area contributed by atoms with E-state index in [0.717, 1.165) is 17.1 Å². The molecule has 1 amide bonds. The molecule has 2 aromatic heterocycles. The Morgan fingerprint density at radius 1 is 1.21 bits per heavy atom. The molecule has 0 aliphatic heterocycles. The van der Waals surface area contributed by atoms with Gasteiger partial charge >= 0.3 is 0 Å². The first-order chi connectivity index (χ1) is 13.3. The minimum absolute atomic E-state index is 0.0690. The zero-order chi connectivity index (χ0) is 20.3. The Morgan fingerprint density at radius 3 is 2.54 bits per heavy atom. The first-order valence-electron chi connectivity index (χ1n) is 9.23. The van der Waals surface area contributed by atoms with Gasteiger partial charge in [0.15, 0.2) is 11.0 Å². The lowest BCUT2D eigenvalue weighted by molar-refractivity contribution is -0.120. The molecule has 0 aliphatic carbocycles. The highest BCUT2D eigenvalue weighted by molar-refractivity contribution is 8.00. The van der Waals surface area contributed by atoms with Crippen molar-refractivity contribution in [2.45, 2.75) is 50.1 Å². The van der Waals surface area contributed by atoms with Gasteiger partial charge in [-0.3, -0.25) is 4.79 Å². The standard InChI is InChI=1S/C21H26N4O2S/c1-14(19(26)22-13-17-7-6-12-27-17)28-20-24-23-18(25(20)5)15-8-10-16(11-9-15)21(2,3)4/h6-12,14H,13H2,1-5H3,(H,22,26)/t14-/m0/s1. The van der Waals surface area contributed by atoms with Crippen molar-refractivity contribution < 1.29 is 9.21 Å². The Bertz CT molecular complexity index is 924. The minimum Gasteiger partial charge on any atom is -0.467 e. The van der Waals surface area contributed by atoms with E-state index in [-0.39, 0.29) is 16.6 Å². The fraction of sp³-hybridized carbons (Fsp3) is 0.381. The summed E-state index contributed by atoms with van der Waals surface area (Å²) in [4.78, 5) is 12.3. The van der Waals surface area contributed by atoms with E-state index in [1.165, 1.54) is 17.3 Å². The number of hydrogen-bond donors (Lipinski definition) is 1. The third-order valence-electron chi connectivity index (χ3n) is 4.51. The van der Waals surface area contributed by atoms with E-state index in [2.05, 4.69) is 60.6 Å². The van der Waals surface area contributed by atoms with Gasteiger partial charge in [0.05, 0.1) is 18.1 Å². The van der Waals surface area contributed by atoms with Crippen LogP contribution in [0, 0.1) is 0 Å². The van der Waals surface area contributed by atoms with Crippen molar-refractivity contribution >= 4 is 17.7 Å². The van der Waals surface area contributed by atoms with Crippen LogP contribution in [0.25, 0.3) is 11.4 Å². The van der Waals surface area contributed by atoms with Gasteiger partial charge in [0, 0.05) is 12.6 Å². The molecule has 0 radical (unpaired) electrons. The summed E-state index contributed by atoms with van der Waals surface area (Å²) in [6.45, 7) is 8.81. The summed E-state index contributed by atoms with van der Waals surface area (Å²) >= 11 is 1.39. The summed E-state index contributed by atoms with van der Waals surface area (Å²) < 4.78 is 7.16. The van der Waals surface area contributed by atoms with Gasteiger partial charge in [-0.25, -0.2) is 0 Å². The van der Waals surface area contributed by atoms with Crippen LogP contribution in [0.15, 0.2) is 52.2 Å². The second-order valence-corrected chi connectivity index (χ2v) is 9.06. The number of amides is 1. The van der Waals surface area contributed by atoms with E-state index in [4.69, 9.17) is 4.42 Å². The number of rotatable bonds is 6. The summed E-state index contributed by atoms with van der Waals surface area (Å²) in [5.41, 5.74) is 2.39. The second kappa shape index (κ2) is 8.22. The molecule has 1 aromatic carbocycles. The number of carbonyl (C=O) groups excluding carboxylic acids is 1. The average Bonchev–Trinajstić information content (AvgIpc) is 3.29. The topological polar surface area (TPSA) is 73.0 Å². The summed E-state index contributed by atoms with van der Waals surface area (Å²) in [7, 11) is 1.92. The maximum atomic E-state index is 12.3. The molecule has 0 spiro atoms. The molecule has 1 atom stereocenters. The first-order valence-corrected chi connectivity index (χ1v) is 10.1. The molecular formula is C21H26N4O2S. The van der Waals surface area contributed by atoms with Gasteiger partial charge < -0.3 is 14.3 Å². The van der Waals surface area contributed by atoms with Crippen LogP contribution >= 0.6 is 11.8 Å². The van der Waals surface area contributed by atoms with Crippen molar-refractivity contribution in [2.75, 3.05) is 0 Å². The smallest absolute Gasteiger partial charge is 0.233 e. The lowest BCUT2D eigenvalue weighted by Crippen LogP contribution is -2.30. The Balaban J connectivity index is 1.66. The molecule has 0 fully saturated rings. The van der Waals surface area contributed by atoms with Gasteiger partial charge in [0.1, 0.15) is 5.76 Å². The fourth-order valence-corrected chi connectivity index (χ4v) is 3.57. The van der Waals surface area contributed by atoms with Crippen molar-refractivity contribution in [2.24, 2.45) is 7.05 Å². The molecule has 7 heteroatoms. The second-order valence-electron chi connectivity index (χ2n) is 7.75. The number of hydrogen-bond acceptors (Lipinski definition) is 5. The van der Waals surface area contributed by atoms with Crippen molar-refractivity contribution in [1.82, 2.24) is 20.1 Å². The van der Waals surface area contributed by atoms with Crippen molar-refractivity contribution in [3.63, 3.8) is 0 Å². The van der Waals surface area contributed by atoms with E-state index in [0.29, 0.717) is 11.7 Å². The lowest BCUT2D eigenvalue weighted by Gasteiger charge is -2.19. The molecule has 3 rings (SSSR count). The average molecular weight is 399 g/mol. The maximum Gasteiger partial charge on any atom is 0.233 e. The molecule has 0 saturated carbocycles. The molecule has 1 N–H and O–H groups in total. The van der Waals surface area contributed by atoms with E-state index in [9.17, 15) is 4.79 Å². The predicted molar refractivity (Wildman–Crippen MR) is 111 cm³/mol. The fourth-order valence-electron chi connectivity index (χ4n) is 2.73. The van der Waals surface area contributed by atoms with Crippen molar-refractivity contribution in [1.29, 1.82) is 0 Å².